The van der Waals surface area contributed by atoms with Crippen molar-refractivity contribution in [2.45, 2.75) is 57.4 Å². The summed E-state index contributed by atoms with van der Waals surface area (Å²) in [6, 6.07) is 0.370. The molecular formula is C19H33N3O. The lowest BCUT2D eigenvalue weighted by Crippen LogP contribution is -2.49. The molecule has 2 saturated carbocycles. The van der Waals surface area contributed by atoms with E-state index in [0.717, 1.165) is 25.9 Å². The van der Waals surface area contributed by atoms with Gasteiger partial charge in [0.15, 0.2) is 0 Å². The van der Waals surface area contributed by atoms with Gasteiger partial charge in [-0.05, 0) is 75.8 Å². The number of hydrogen-bond acceptors (Lipinski definition) is 3. The molecule has 0 radical (unpaired) electrons. The molecule has 1 amide bonds. The first kappa shape index (κ1) is 15.9. The third-order valence-corrected chi connectivity index (χ3v) is 7.07. The fraction of sp³-hybridized carbons (Fsp3) is 0.947. The molecule has 2 saturated heterocycles. The SMILES string of the molecule is NC1C2CCCC1CC(C(=O)N1CCC(CN3CCCC3)C1)C2. The first-order valence-corrected chi connectivity index (χ1v) is 9.97. The molecule has 2 N–H and O–H groups in total. The maximum absolute atomic E-state index is 13.0. The van der Waals surface area contributed by atoms with Crippen LogP contribution in [0.15, 0.2) is 0 Å². The topological polar surface area (TPSA) is 49.6 Å². The van der Waals surface area contributed by atoms with Gasteiger partial charge in [0.05, 0.1) is 0 Å². The highest BCUT2D eigenvalue weighted by Gasteiger charge is 2.42. The number of hydrogen-bond donors (Lipinski definition) is 1. The van der Waals surface area contributed by atoms with Crippen LogP contribution in [0.5, 0.6) is 0 Å². The third kappa shape index (κ3) is 3.30. The van der Waals surface area contributed by atoms with Gasteiger partial charge in [0.25, 0.3) is 0 Å². The van der Waals surface area contributed by atoms with E-state index in [9.17, 15) is 4.79 Å². The molecule has 2 aliphatic heterocycles. The van der Waals surface area contributed by atoms with Gasteiger partial charge < -0.3 is 15.5 Å². The maximum atomic E-state index is 13.0. The molecule has 2 bridgehead atoms. The summed E-state index contributed by atoms with van der Waals surface area (Å²) in [6.07, 6.45) is 9.87. The third-order valence-electron chi connectivity index (χ3n) is 7.07. The van der Waals surface area contributed by atoms with Crippen LogP contribution in [0.3, 0.4) is 0 Å². The zero-order chi connectivity index (χ0) is 15.8. The Hall–Kier alpha value is -0.610. The summed E-state index contributed by atoms with van der Waals surface area (Å²) >= 11 is 0. The highest BCUT2D eigenvalue weighted by atomic mass is 16.2. The Bertz CT molecular complexity index is 420. The second-order valence-corrected chi connectivity index (χ2v) is 8.64. The predicted molar refractivity (Wildman–Crippen MR) is 91.9 cm³/mol. The van der Waals surface area contributed by atoms with Gasteiger partial charge in [-0.15, -0.1) is 0 Å². The van der Waals surface area contributed by atoms with Crippen molar-refractivity contribution in [2.75, 3.05) is 32.7 Å². The van der Waals surface area contributed by atoms with Crippen LogP contribution >= 0.6 is 0 Å². The summed E-state index contributed by atoms with van der Waals surface area (Å²) in [5, 5.41) is 0. The van der Waals surface area contributed by atoms with E-state index in [2.05, 4.69) is 9.80 Å². The molecule has 0 spiro atoms. The van der Waals surface area contributed by atoms with E-state index in [-0.39, 0.29) is 5.92 Å². The van der Waals surface area contributed by atoms with Gasteiger partial charge in [-0.25, -0.2) is 0 Å². The number of nitrogens with zero attached hydrogens (tertiary/aromatic N) is 2. The minimum absolute atomic E-state index is 0.274. The minimum atomic E-state index is 0.274. The Morgan fingerprint density at radius 2 is 1.65 bits per heavy atom. The van der Waals surface area contributed by atoms with E-state index in [1.165, 1.54) is 58.2 Å². The monoisotopic (exact) mass is 319 g/mol. The number of carbonyl (C=O) groups excluding carboxylic acids is 1. The number of rotatable bonds is 3. The second-order valence-electron chi connectivity index (χ2n) is 8.64. The van der Waals surface area contributed by atoms with Crippen LogP contribution in [0.4, 0.5) is 0 Å². The quantitative estimate of drug-likeness (QED) is 0.866. The molecule has 0 aromatic rings. The van der Waals surface area contributed by atoms with Gasteiger partial charge >= 0.3 is 0 Å². The molecule has 0 aromatic heterocycles. The fourth-order valence-corrected chi connectivity index (χ4v) is 5.76. The van der Waals surface area contributed by atoms with Crippen molar-refractivity contribution in [3.8, 4) is 0 Å². The molecule has 130 valence electrons. The number of amides is 1. The van der Waals surface area contributed by atoms with Crippen LogP contribution in [0.2, 0.25) is 0 Å². The molecule has 4 aliphatic rings. The molecule has 4 rings (SSSR count). The summed E-state index contributed by atoms with van der Waals surface area (Å²) in [6.45, 7) is 5.76. The largest absolute Gasteiger partial charge is 0.342 e. The van der Waals surface area contributed by atoms with Gasteiger partial charge in [-0.3, -0.25) is 4.79 Å². The zero-order valence-electron chi connectivity index (χ0n) is 14.5. The van der Waals surface area contributed by atoms with Crippen LogP contribution in [0.25, 0.3) is 0 Å². The van der Waals surface area contributed by atoms with E-state index < -0.39 is 0 Å². The molecule has 3 atom stereocenters. The summed E-state index contributed by atoms with van der Waals surface area (Å²) in [4.78, 5) is 17.8. The Balaban J connectivity index is 1.31. The zero-order valence-corrected chi connectivity index (χ0v) is 14.5. The number of carbonyl (C=O) groups is 1. The fourth-order valence-electron chi connectivity index (χ4n) is 5.76. The number of nitrogens with two attached hydrogens (primary N) is 1. The Morgan fingerprint density at radius 1 is 0.957 bits per heavy atom. The Labute approximate surface area is 140 Å². The normalized spacial score (nSPS) is 41.4. The minimum Gasteiger partial charge on any atom is -0.342 e. The average molecular weight is 319 g/mol. The molecular weight excluding hydrogens is 286 g/mol. The highest BCUT2D eigenvalue weighted by Crippen LogP contribution is 2.42. The van der Waals surface area contributed by atoms with E-state index in [4.69, 9.17) is 5.73 Å². The molecule has 4 nitrogen and oxygen atoms in total. The average Bonchev–Trinajstić information content (AvgIpc) is 3.18. The molecule has 3 unspecified atom stereocenters. The summed E-state index contributed by atoms with van der Waals surface area (Å²) in [5.74, 6) is 2.66. The van der Waals surface area contributed by atoms with Crippen LogP contribution in [-0.4, -0.2) is 54.5 Å². The van der Waals surface area contributed by atoms with Crippen molar-refractivity contribution in [1.29, 1.82) is 0 Å². The lowest BCUT2D eigenvalue weighted by molar-refractivity contribution is -0.137. The Morgan fingerprint density at radius 3 is 2.35 bits per heavy atom. The Kier molecular flexibility index (Phi) is 4.64. The van der Waals surface area contributed by atoms with E-state index in [0.29, 0.717) is 29.7 Å². The molecule has 4 fully saturated rings. The molecule has 23 heavy (non-hydrogen) atoms. The number of fused-ring (bicyclic) bond motifs is 2. The summed E-state index contributed by atoms with van der Waals surface area (Å²) in [7, 11) is 0. The lowest BCUT2D eigenvalue weighted by Gasteiger charge is -2.44. The van der Waals surface area contributed by atoms with Gasteiger partial charge in [-0.2, -0.15) is 0 Å². The first-order valence-electron chi connectivity index (χ1n) is 9.97. The molecule has 4 heteroatoms. The smallest absolute Gasteiger partial charge is 0.225 e. The van der Waals surface area contributed by atoms with Crippen LogP contribution in [0.1, 0.15) is 51.4 Å². The van der Waals surface area contributed by atoms with E-state index >= 15 is 0 Å². The maximum Gasteiger partial charge on any atom is 0.225 e. The van der Waals surface area contributed by atoms with Gasteiger partial charge in [-0.1, -0.05) is 6.42 Å². The summed E-state index contributed by atoms with van der Waals surface area (Å²) in [5.41, 5.74) is 6.38. The highest BCUT2D eigenvalue weighted by molar-refractivity contribution is 5.79. The van der Waals surface area contributed by atoms with Crippen molar-refractivity contribution in [3.63, 3.8) is 0 Å². The second kappa shape index (κ2) is 6.72. The van der Waals surface area contributed by atoms with Crippen LogP contribution < -0.4 is 5.73 Å². The predicted octanol–water partition coefficient (Wildman–Crippen LogP) is 2.08. The molecule has 2 aliphatic carbocycles. The molecule has 0 aromatic carbocycles. The van der Waals surface area contributed by atoms with Crippen molar-refractivity contribution >= 4 is 5.91 Å². The number of likely N-dealkylation sites (tertiary alicyclic amines) is 2. The van der Waals surface area contributed by atoms with E-state index in [1.807, 2.05) is 0 Å². The van der Waals surface area contributed by atoms with Crippen molar-refractivity contribution in [1.82, 2.24) is 9.80 Å². The lowest BCUT2D eigenvalue weighted by atomic mass is 9.65. The van der Waals surface area contributed by atoms with Crippen LogP contribution in [-0.2, 0) is 4.79 Å². The van der Waals surface area contributed by atoms with Crippen molar-refractivity contribution in [2.24, 2.45) is 29.4 Å². The van der Waals surface area contributed by atoms with E-state index in [1.54, 1.807) is 0 Å². The van der Waals surface area contributed by atoms with Gasteiger partial charge in [0, 0.05) is 31.6 Å². The molecule has 2 heterocycles. The first-order chi connectivity index (χ1) is 11.2. The van der Waals surface area contributed by atoms with Gasteiger partial charge in [0.2, 0.25) is 5.91 Å². The van der Waals surface area contributed by atoms with Crippen molar-refractivity contribution < 1.29 is 4.79 Å². The van der Waals surface area contributed by atoms with Crippen molar-refractivity contribution in [3.05, 3.63) is 0 Å². The summed E-state index contributed by atoms with van der Waals surface area (Å²) < 4.78 is 0. The standard InChI is InChI=1S/C19H33N3O/c20-18-15-4-3-5-16(18)11-17(10-15)19(23)22-9-6-14(13-22)12-21-7-1-2-8-21/h14-18H,1-13,20H2. The van der Waals surface area contributed by atoms with Gasteiger partial charge in [0.1, 0.15) is 0 Å². The van der Waals surface area contributed by atoms with Crippen LogP contribution in [0, 0.1) is 23.7 Å².